The predicted molar refractivity (Wildman–Crippen MR) is 101 cm³/mol. The average Bonchev–Trinajstić information content (AvgIpc) is 3.15. The van der Waals surface area contributed by atoms with Crippen molar-refractivity contribution in [2.45, 2.75) is 12.8 Å². The molecule has 3 aromatic rings. The number of hydrogen-bond acceptors (Lipinski definition) is 4. The minimum Gasteiger partial charge on any atom is -0.497 e. The van der Waals surface area contributed by atoms with E-state index in [1.54, 1.807) is 20.3 Å². The van der Waals surface area contributed by atoms with Crippen LogP contribution >= 0.6 is 0 Å². The molecule has 134 valence electrons. The summed E-state index contributed by atoms with van der Waals surface area (Å²) in [5.41, 5.74) is 1.69. The third-order valence-electron chi connectivity index (χ3n) is 3.99. The van der Waals surface area contributed by atoms with Crippen LogP contribution in [0.15, 0.2) is 65.1 Å². The van der Waals surface area contributed by atoms with E-state index in [0.717, 1.165) is 22.8 Å². The van der Waals surface area contributed by atoms with Crippen LogP contribution in [0.25, 0.3) is 11.3 Å². The molecule has 0 aliphatic heterocycles. The Morgan fingerprint density at radius 2 is 1.73 bits per heavy atom. The molecule has 0 bridgehead atoms. The number of furan rings is 1. The van der Waals surface area contributed by atoms with E-state index in [1.165, 1.54) is 0 Å². The fraction of sp³-hybridized carbons (Fsp3) is 0.190. The number of ether oxygens (including phenoxy) is 2. The number of anilines is 1. The van der Waals surface area contributed by atoms with Crippen LogP contribution < -0.4 is 14.8 Å². The quantitative estimate of drug-likeness (QED) is 0.679. The molecule has 2 aromatic carbocycles. The molecular weight excluding hydrogens is 330 g/mol. The van der Waals surface area contributed by atoms with E-state index in [9.17, 15) is 4.79 Å². The van der Waals surface area contributed by atoms with Crippen molar-refractivity contribution < 1.29 is 18.7 Å². The monoisotopic (exact) mass is 351 g/mol. The van der Waals surface area contributed by atoms with Gasteiger partial charge in [-0.2, -0.15) is 0 Å². The molecule has 0 spiro atoms. The van der Waals surface area contributed by atoms with E-state index in [0.29, 0.717) is 24.3 Å². The summed E-state index contributed by atoms with van der Waals surface area (Å²) in [5, 5.41) is 2.86. The maximum absolute atomic E-state index is 12.1. The average molecular weight is 351 g/mol. The Hall–Kier alpha value is -3.21. The highest BCUT2D eigenvalue weighted by molar-refractivity contribution is 5.91. The first-order valence-corrected chi connectivity index (χ1v) is 8.35. The number of amides is 1. The van der Waals surface area contributed by atoms with E-state index in [4.69, 9.17) is 13.9 Å². The Balaban J connectivity index is 1.56. The van der Waals surface area contributed by atoms with Crippen LogP contribution in [0.2, 0.25) is 0 Å². The number of benzene rings is 2. The number of aryl methyl sites for hydroxylation is 1. The van der Waals surface area contributed by atoms with E-state index < -0.39 is 0 Å². The minimum atomic E-state index is -0.0688. The molecule has 1 heterocycles. The fourth-order valence-electron chi connectivity index (χ4n) is 2.58. The molecule has 26 heavy (non-hydrogen) atoms. The molecule has 5 heteroatoms. The predicted octanol–water partition coefficient (Wildman–Crippen LogP) is 4.54. The van der Waals surface area contributed by atoms with Crippen LogP contribution in [0.1, 0.15) is 12.2 Å². The van der Waals surface area contributed by atoms with Gasteiger partial charge in [0, 0.05) is 30.2 Å². The van der Waals surface area contributed by atoms with Crippen molar-refractivity contribution in [1.82, 2.24) is 0 Å². The Morgan fingerprint density at radius 1 is 0.962 bits per heavy atom. The lowest BCUT2D eigenvalue weighted by Crippen LogP contribution is -2.12. The van der Waals surface area contributed by atoms with Crippen molar-refractivity contribution >= 4 is 11.6 Å². The topological polar surface area (TPSA) is 60.7 Å². The van der Waals surface area contributed by atoms with Crippen molar-refractivity contribution in [2.24, 2.45) is 0 Å². The van der Waals surface area contributed by atoms with E-state index in [1.807, 2.05) is 54.6 Å². The molecule has 5 nitrogen and oxygen atoms in total. The zero-order chi connectivity index (χ0) is 18.4. The van der Waals surface area contributed by atoms with Crippen LogP contribution in [0.5, 0.6) is 11.5 Å². The zero-order valence-corrected chi connectivity index (χ0v) is 14.8. The lowest BCUT2D eigenvalue weighted by Gasteiger charge is -2.06. The maximum Gasteiger partial charge on any atom is 0.224 e. The molecule has 1 amide bonds. The lowest BCUT2D eigenvalue weighted by molar-refractivity contribution is -0.116. The number of rotatable bonds is 7. The molecule has 0 saturated carbocycles. The second-order valence-electron chi connectivity index (χ2n) is 5.77. The van der Waals surface area contributed by atoms with Gasteiger partial charge in [-0.15, -0.1) is 0 Å². The number of nitrogens with one attached hydrogen (secondary N) is 1. The molecule has 0 aliphatic rings. The van der Waals surface area contributed by atoms with E-state index >= 15 is 0 Å². The highest BCUT2D eigenvalue weighted by Gasteiger charge is 2.08. The minimum absolute atomic E-state index is 0.0688. The number of hydrogen-bond donors (Lipinski definition) is 1. The van der Waals surface area contributed by atoms with Crippen LogP contribution in [0.3, 0.4) is 0 Å². The summed E-state index contributed by atoms with van der Waals surface area (Å²) in [6.07, 6.45) is 0.874. The lowest BCUT2D eigenvalue weighted by atomic mass is 10.2. The summed E-state index contributed by atoms with van der Waals surface area (Å²) in [5.74, 6) is 2.99. The summed E-state index contributed by atoms with van der Waals surface area (Å²) in [6, 6.07) is 18.8. The highest BCUT2D eigenvalue weighted by atomic mass is 16.5. The van der Waals surface area contributed by atoms with Gasteiger partial charge in [0.15, 0.2) is 0 Å². The Bertz CT molecular complexity index is 868. The van der Waals surface area contributed by atoms with Gasteiger partial charge >= 0.3 is 0 Å². The first-order valence-electron chi connectivity index (χ1n) is 8.35. The van der Waals surface area contributed by atoms with Crippen LogP contribution in [0, 0.1) is 0 Å². The van der Waals surface area contributed by atoms with Gasteiger partial charge in [-0.1, -0.05) is 6.07 Å². The van der Waals surface area contributed by atoms with Crippen molar-refractivity contribution in [3.8, 4) is 22.8 Å². The first kappa shape index (κ1) is 17.6. The summed E-state index contributed by atoms with van der Waals surface area (Å²) in [6.45, 7) is 0. The summed E-state index contributed by atoms with van der Waals surface area (Å²) in [4.78, 5) is 12.1. The zero-order valence-electron chi connectivity index (χ0n) is 14.8. The first-order chi connectivity index (χ1) is 12.7. The number of methoxy groups -OCH3 is 2. The summed E-state index contributed by atoms with van der Waals surface area (Å²) < 4.78 is 16.1. The van der Waals surface area contributed by atoms with Crippen molar-refractivity contribution in [3.05, 3.63) is 66.4 Å². The fourth-order valence-corrected chi connectivity index (χ4v) is 2.58. The van der Waals surface area contributed by atoms with Crippen molar-refractivity contribution in [2.75, 3.05) is 19.5 Å². The number of carbonyl (C=O) groups is 1. The van der Waals surface area contributed by atoms with E-state index in [2.05, 4.69) is 5.32 Å². The van der Waals surface area contributed by atoms with Gasteiger partial charge in [-0.3, -0.25) is 4.79 Å². The molecule has 0 fully saturated rings. The summed E-state index contributed by atoms with van der Waals surface area (Å²) in [7, 11) is 3.23. The van der Waals surface area contributed by atoms with Gasteiger partial charge < -0.3 is 19.2 Å². The largest absolute Gasteiger partial charge is 0.497 e. The highest BCUT2D eigenvalue weighted by Crippen LogP contribution is 2.25. The Kier molecular flexibility index (Phi) is 5.59. The molecule has 0 unspecified atom stereocenters. The smallest absolute Gasteiger partial charge is 0.224 e. The van der Waals surface area contributed by atoms with Gasteiger partial charge in [-0.05, 0) is 48.5 Å². The molecule has 0 radical (unpaired) electrons. The third kappa shape index (κ3) is 4.45. The maximum atomic E-state index is 12.1. The van der Waals surface area contributed by atoms with Crippen molar-refractivity contribution in [1.29, 1.82) is 0 Å². The molecular formula is C21H21NO4. The van der Waals surface area contributed by atoms with Crippen LogP contribution in [-0.2, 0) is 11.2 Å². The number of carbonyl (C=O) groups excluding carboxylic acids is 1. The van der Waals surface area contributed by atoms with Gasteiger partial charge in [0.2, 0.25) is 5.91 Å². The van der Waals surface area contributed by atoms with Gasteiger partial charge in [-0.25, -0.2) is 0 Å². The SMILES string of the molecule is COc1ccc(-c2ccc(CCC(=O)Nc3cccc(OC)c3)o2)cc1. The van der Waals surface area contributed by atoms with Crippen LogP contribution in [-0.4, -0.2) is 20.1 Å². The molecule has 0 saturated heterocycles. The Morgan fingerprint density at radius 3 is 2.46 bits per heavy atom. The van der Waals surface area contributed by atoms with Gasteiger partial charge in [0.05, 0.1) is 14.2 Å². The second-order valence-corrected chi connectivity index (χ2v) is 5.77. The molecule has 0 aliphatic carbocycles. The third-order valence-corrected chi connectivity index (χ3v) is 3.99. The van der Waals surface area contributed by atoms with Crippen molar-refractivity contribution in [3.63, 3.8) is 0 Å². The summed E-state index contributed by atoms with van der Waals surface area (Å²) >= 11 is 0. The second kappa shape index (κ2) is 8.25. The van der Waals surface area contributed by atoms with Crippen LogP contribution in [0.4, 0.5) is 5.69 Å². The van der Waals surface area contributed by atoms with Gasteiger partial charge in [0.25, 0.3) is 0 Å². The Labute approximate surface area is 152 Å². The standard InChI is InChI=1S/C21H21NO4/c1-24-17-8-6-15(7-9-17)20-12-10-18(26-20)11-13-21(23)22-16-4-3-5-19(14-16)25-2/h3-10,12,14H,11,13H2,1-2H3,(H,22,23). The van der Waals surface area contributed by atoms with E-state index in [-0.39, 0.29) is 5.91 Å². The normalized spacial score (nSPS) is 10.4. The molecule has 3 rings (SSSR count). The van der Waals surface area contributed by atoms with Gasteiger partial charge in [0.1, 0.15) is 23.0 Å². The molecule has 1 aromatic heterocycles. The molecule has 1 N–H and O–H groups in total. The molecule has 0 atom stereocenters.